The number of hydrogen-bond acceptors (Lipinski definition) is 0. The third kappa shape index (κ3) is 8.24. The van der Waals surface area contributed by atoms with Gasteiger partial charge in [0.05, 0.1) is 0 Å². The molecule has 56 valence electrons. The van der Waals surface area contributed by atoms with E-state index in [1.165, 1.54) is 0 Å². The molecule has 0 aromatic rings. The van der Waals surface area contributed by atoms with Gasteiger partial charge in [-0.05, 0) is 0 Å². The summed E-state index contributed by atoms with van der Waals surface area (Å²) in [5, 5.41) is 0. The molecule has 0 bridgehead atoms. The van der Waals surface area contributed by atoms with Gasteiger partial charge in [-0.3, -0.25) is 0 Å². The zero-order valence-electron chi connectivity index (χ0n) is 7.31. The Bertz CT molecular complexity index is 109. The SMILES string of the molecule is C[Si](C)/C=C\C=[CH]/[Ge]([CH3])[CH3]. The fourth-order valence-corrected chi connectivity index (χ4v) is 2.03. The molecule has 0 nitrogen and oxygen atoms in total. The Morgan fingerprint density at radius 1 is 1.10 bits per heavy atom. The molecule has 0 rings (SSSR count). The van der Waals surface area contributed by atoms with Crippen molar-refractivity contribution in [2.24, 2.45) is 0 Å². The van der Waals surface area contributed by atoms with E-state index in [9.17, 15) is 0 Å². The summed E-state index contributed by atoms with van der Waals surface area (Å²) in [7, 11) is -0.146. The van der Waals surface area contributed by atoms with Crippen LogP contribution in [0.2, 0.25) is 24.6 Å². The molecule has 2 radical (unpaired) electrons. The van der Waals surface area contributed by atoms with Crippen LogP contribution in [0.25, 0.3) is 0 Å². The second kappa shape index (κ2) is 5.98. The van der Waals surface area contributed by atoms with Crippen molar-refractivity contribution in [1.29, 1.82) is 0 Å². The van der Waals surface area contributed by atoms with Gasteiger partial charge in [0.2, 0.25) is 0 Å². The van der Waals surface area contributed by atoms with E-state index in [2.05, 4.69) is 47.4 Å². The van der Waals surface area contributed by atoms with Crippen LogP contribution >= 0.6 is 0 Å². The molecule has 0 aliphatic heterocycles. The van der Waals surface area contributed by atoms with Crippen molar-refractivity contribution in [1.82, 2.24) is 0 Å². The van der Waals surface area contributed by atoms with Crippen LogP contribution in [0.5, 0.6) is 0 Å². The Labute approximate surface area is 70.7 Å². The average molecular weight is 213 g/mol. The van der Waals surface area contributed by atoms with Crippen LogP contribution < -0.4 is 0 Å². The van der Waals surface area contributed by atoms with E-state index in [4.69, 9.17) is 0 Å². The van der Waals surface area contributed by atoms with Gasteiger partial charge in [0.1, 0.15) is 0 Å². The van der Waals surface area contributed by atoms with Gasteiger partial charge in [-0.2, -0.15) is 0 Å². The molecule has 0 aromatic heterocycles. The fourth-order valence-electron chi connectivity index (χ4n) is 0.496. The number of rotatable bonds is 3. The van der Waals surface area contributed by atoms with Crippen LogP contribution in [0.15, 0.2) is 22.8 Å². The van der Waals surface area contributed by atoms with Crippen LogP contribution in [0.1, 0.15) is 0 Å². The van der Waals surface area contributed by atoms with Crippen LogP contribution in [0.3, 0.4) is 0 Å². The second-order valence-electron chi connectivity index (χ2n) is 2.87. The second-order valence-corrected chi connectivity index (χ2v) is 10.6. The van der Waals surface area contributed by atoms with Crippen molar-refractivity contribution in [3.05, 3.63) is 22.8 Å². The summed E-state index contributed by atoms with van der Waals surface area (Å²) in [5.41, 5.74) is 2.32. The van der Waals surface area contributed by atoms with Gasteiger partial charge >= 0.3 is 70.5 Å². The predicted molar refractivity (Wildman–Crippen MR) is 53.2 cm³/mol. The molecule has 0 aliphatic carbocycles. The van der Waals surface area contributed by atoms with E-state index in [-0.39, 0.29) is 8.80 Å². The fraction of sp³-hybridized carbons (Fsp3) is 0.500. The van der Waals surface area contributed by atoms with Crippen molar-refractivity contribution in [3.63, 3.8) is 0 Å². The summed E-state index contributed by atoms with van der Waals surface area (Å²) in [6.45, 7) is 4.59. The Balaban J connectivity index is 3.52. The van der Waals surface area contributed by atoms with Gasteiger partial charge in [0, 0.05) is 0 Å². The summed E-state index contributed by atoms with van der Waals surface area (Å²) in [5.74, 6) is 4.71. The molecule has 2 heteroatoms. The molecule has 0 aromatic carbocycles. The molecule has 0 unspecified atom stereocenters. The summed E-state index contributed by atoms with van der Waals surface area (Å²) < 4.78 is 0. The van der Waals surface area contributed by atoms with Gasteiger partial charge in [-0.15, -0.1) is 0 Å². The molecule has 0 amide bonds. The quantitative estimate of drug-likeness (QED) is 0.499. The normalized spacial score (nSPS) is 13.0. The Hall–Kier alpha value is 0.240. The predicted octanol–water partition coefficient (Wildman–Crippen LogP) is 2.69. The van der Waals surface area contributed by atoms with Gasteiger partial charge < -0.3 is 0 Å². The van der Waals surface area contributed by atoms with Gasteiger partial charge in [0.25, 0.3) is 0 Å². The van der Waals surface area contributed by atoms with E-state index >= 15 is 0 Å². The Morgan fingerprint density at radius 3 is 2.10 bits per heavy atom. The molecular weight excluding hydrogens is 197 g/mol. The maximum absolute atomic E-state index is 2.38. The first-order valence-electron chi connectivity index (χ1n) is 3.58. The topological polar surface area (TPSA) is 0 Å². The molecule has 0 saturated carbocycles. The summed E-state index contributed by atoms with van der Waals surface area (Å²) >= 11 is -0.680. The van der Waals surface area contributed by atoms with Crippen molar-refractivity contribution in [3.8, 4) is 0 Å². The van der Waals surface area contributed by atoms with Gasteiger partial charge in [-0.25, -0.2) is 0 Å². The van der Waals surface area contributed by atoms with Crippen LogP contribution in [-0.2, 0) is 0 Å². The monoisotopic (exact) mass is 214 g/mol. The van der Waals surface area contributed by atoms with Crippen LogP contribution in [0, 0.1) is 0 Å². The summed E-state index contributed by atoms with van der Waals surface area (Å²) in [6.07, 6.45) is 4.42. The maximum atomic E-state index is 2.38. The van der Waals surface area contributed by atoms with Crippen molar-refractivity contribution < 1.29 is 0 Å². The van der Waals surface area contributed by atoms with Gasteiger partial charge in [-0.1, -0.05) is 0 Å². The molecule has 0 fully saturated rings. The molecule has 0 atom stereocenters. The minimum absolute atomic E-state index is 0.146. The molecular formula is C8H16GeSi. The molecule has 0 spiro atoms. The van der Waals surface area contributed by atoms with Crippen LogP contribution in [-0.4, -0.2) is 23.1 Å². The summed E-state index contributed by atoms with van der Waals surface area (Å²) in [4.78, 5) is 2.38. The van der Waals surface area contributed by atoms with E-state index in [0.717, 1.165) is 0 Å². The zero-order valence-corrected chi connectivity index (χ0v) is 10.4. The van der Waals surface area contributed by atoms with E-state index in [1.807, 2.05) is 0 Å². The van der Waals surface area contributed by atoms with E-state index < -0.39 is 14.3 Å². The minimum atomic E-state index is -0.680. The van der Waals surface area contributed by atoms with Crippen LogP contribution in [0.4, 0.5) is 0 Å². The van der Waals surface area contributed by atoms with E-state index in [1.54, 1.807) is 0 Å². The molecule has 0 N–H and O–H groups in total. The average Bonchev–Trinajstić information content (AvgIpc) is 1.79. The first-order valence-corrected chi connectivity index (χ1v) is 11.6. The molecule has 0 aliphatic rings. The first-order chi connectivity index (χ1) is 4.63. The zero-order chi connectivity index (χ0) is 7.98. The van der Waals surface area contributed by atoms with Crippen molar-refractivity contribution in [2.75, 3.05) is 0 Å². The standard InChI is InChI=1S/C8H16GeSi/c1-9(2)7-5-6-8-10(3)4/h5-8H,1-4H3/b7-5-,8-6-. The Morgan fingerprint density at radius 2 is 1.70 bits per heavy atom. The third-order valence-electron chi connectivity index (χ3n) is 0.970. The third-order valence-corrected chi connectivity index (χ3v) is 3.63. The van der Waals surface area contributed by atoms with E-state index in [0.29, 0.717) is 0 Å². The van der Waals surface area contributed by atoms with Crippen molar-refractivity contribution in [2.45, 2.75) is 24.6 Å². The molecule has 0 heterocycles. The van der Waals surface area contributed by atoms with Crippen molar-refractivity contribution >= 4 is 23.1 Å². The molecule has 0 saturated heterocycles. The first kappa shape index (κ1) is 10.2. The Kier molecular flexibility index (Phi) is 6.13. The number of allylic oxidation sites excluding steroid dienone is 2. The number of hydrogen-bond donors (Lipinski definition) is 0. The molecule has 10 heavy (non-hydrogen) atoms. The summed E-state index contributed by atoms with van der Waals surface area (Å²) in [6, 6.07) is 0. The van der Waals surface area contributed by atoms with Gasteiger partial charge in [0.15, 0.2) is 0 Å².